The predicted octanol–water partition coefficient (Wildman–Crippen LogP) is 1.09. The molecule has 5 nitrogen and oxygen atoms in total. The number of hydrogen-bond acceptors (Lipinski definition) is 5. The van der Waals surface area contributed by atoms with E-state index in [2.05, 4.69) is 5.32 Å². The van der Waals surface area contributed by atoms with Crippen LogP contribution in [0.5, 0.6) is 0 Å². The molecule has 0 spiro atoms. The van der Waals surface area contributed by atoms with Gasteiger partial charge in [0, 0.05) is 19.8 Å². The summed E-state index contributed by atoms with van der Waals surface area (Å²) in [4.78, 5) is 0. The van der Waals surface area contributed by atoms with Gasteiger partial charge in [-0.2, -0.15) is 0 Å². The van der Waals surface area contributed by atoms with Crippen LogP contribution < -0.4 is 5.32 Å². The molecule has 0 radical (unpaired) electrons. The molecule has 2 fully saturated rings. The Morgan fingerprint density at radius 3 is 2.65 bits per heavy atom. The molecule has 3 atom stereocenters. The Morgan fingerprint density at radius 2 is 1.90 bits per heavy atom. The van der Waals surface area contributed by atoms with Crippen molar-refractivity contribution in [1.29, 1.82) is 0 Å². The second kappa shape index (κ2) is 9.68. The van der Waals surface area contributed by atoms with Crippen LogP contribution in [-0.2, 0) is 14.2 Å². The highest BCUT2D eigenvalue weighted by Gasteiger charge is 2.16. The van der Waals surface area contributed by atoms with Gasteiger partial charge < -0.3 is 24.6 Å². The highest BCUT2D eigenvalue weighted by Crippen LogP contribution is 2.14. The summed E-state index contributed by atoms with van der Waals surface area (Å²) in [5.74, 6) is 0. The van der Waals surface area contributed by atoms with Gasteiger partial charge in [-0.05, 0) is 45.1 Å². The van der Waals surface area contributed by atoms with Crippen LogP contribution in [0.3, 0.4) is 0 Å². The SMILES string of the molecule is OC(CNCCC1CCCCO1)COCC1CCCO1. The van der Waals surface area contributed by atoms with E-state index in [4.69, 9.17) is 14.2 Å². The Bertz CT molecular complexity index is 240. The lowest BCUT2D eigenvalue weighted by Crippen LogP contribution is -2.33. The maximum atomic E-state index is 9.80. The zero-order valence-electron chi connectivity index (χ0n) is 12.4. The number of rotatable bonds is 9. The molecular formula is C15H29NO4. The highest BCUT2D eigenvalue weighted by atomic mass is 16.5. The third-order valence-corrected chi connectivity index (χ3v) is 3.94. The van der Waals surface area contributed by atoms with E-state index in [-0.39, 0.29) is 6.10 Å². The number of aliphatic hydroxyl groups is 1. The molecule has 20 heavy (non-hydrogen) atoms. The Kier molecular flexibility index (Phi) is 7.83. The van der Waals surface area contributed by atoms with Gasteiger partial charge in [-0.25, -0.2) is 0 Å². The van der Waals surface area contributed by atoms with Crippen LogP contribution in [0.1, 0.15) is 38.5 Å². The fraction of sp³-hybridized carbons (Fsp3) is 1.00. The van der Waals surface area contributed by atoms with Crippen LogP contribution >= 0.6 is 0 Å². The first-order chi connectivity index (χ1) is 9.84. The summed E-state index contributed by atoms with van der Waals surface area (Å²) in [6.45, 7) is 4.22. The molecule has 3 unspecified atom stereocenters. The summed E-state index contributed by atoms with van der Waals surface area (Å²) in [7, 11) is 0. The molecule has 2 N–H and O–H groups in total. The van der Waals surface area contributed by atoms with E-state index in [1.807, 2.05) is 0 Å². The quantitative estimate of drug-likeness (QED) is 0.622. The van der Waals surface area contributed by atoms with Gasteiger partial charge in [-0.1, -0.05) is 0 Å². The lowest BCUT2D eigenvalue weighted by Gasteiger charge is -2.22. The van der Waals surface area contributed by atoms with E-state index in [1.165, 1.54) is 19.3 Å². The van der Waals surface area contributed by atoms with E-state index in [9.17, 15) is 5.11 Å². The van der Waals surface area contributed by atoms with E-state index in [0.717, 1.165) is 39.0 Å². The standard InChI is InChI=1S/C15H29NO4/c17-13(11-18-12-15-5-3-9-20-15)10-16-7-6-14-4-1-2-8-19-14/h13-17H,1-12H2. The van der Waals surface area contributed by atoms with Crippen LogP contribution in [0.25, 0.3) is 0 Å². The number of aliphatic hydroxyl groups excluding tert-OH is 1. The van der Waals surface area contributed by atoms with Crippen LogP contribution in [0.15, 0.2) is 0 Å². The second-order valence-electron chi connectivity index (χ2n) is 5.81. The largest absolute Gasteiger partial charge is 0.389 e. The Labute approximate surface area is 122 Å². The van der Waals surface area contributed by atoms with Crippen molar-refractivity contribution in [1.82, 2.24) is 5.32 Å². The van der Waals surface area contributed by atoms with E-state index in [0.29, 0.717) is 25.9 Å². The smallest absolute Gasteiger partial charge is 0.0897 e. The van der Waals surface area contributed by atoms with E-state index < -0.39 is 6.10 Å². The summed E-state index contributed by atoms with van der Waals surface area (Å²) >= 11 is 0. The lowest BCUT2D eigenvalue weighted by molar-refractivity contribution is -0.0172. The van der Waals surface area contributed by atoms with Gasteiger partial charge in [-0.3, -0.25) is 0 Å². The summed E-state index contributed by atoms with van der Waals surface area (Å²) in [5.41, 5.74) is 0. The normalized spacial score (nSPS) is 28.6. The third-order valence-electron chi connectivity index (χ3n) is 3.94. The van der Waals surface area contributed by atoms with Crippen molar-refractivity contribution < 1.29 is 19.3 Å². The molecule has 2 rings (SSSR count). The molecule has 0 amide bonds. The maximum Gasteiger partial charge on any atom is 0.0897 e. The van der Waals surface area contributed by atoms with Crippen molar-refractivity contribution in [3.63, 3.8) is 0 Å². The summed E-state index contributed by atoms with van der Waals surface area (Å²) in [6.07, 6.45) is 7.09. The van der Waals surface area contributed by atoms with Gasteiger partial charge in [0.15, 0.2) is 0 Å². The molecule has 2 aliphatic heterocycles. The maximum absolute atomic E-state index is 9.80. The molecule has 5 heteroatoms. The lowest BCUT2D eigenvalue weighted by atomic mass is 10.1. The first-order valence-electron chi connectivity index (χ1n) is 8.04. The molecule has 0 aliphatic carbocycles. The summed E-state index contributed by atoms with van der Waals surface area (Å²) < 4.78 is 16.6. The topological polar surface area (TPSA) is 60.0 Å². The molecule has 0 aromatic carbocycles. The Hall–Kier alpha value is -0.200. The average Bonchev–Trinajstić information content (AvgIpc) is 2.98. The van der Waals surface area contributed by atoms with Crippen molar-refractivity contribution in [2.24, 2.45) is 0 Å². The number of ether oxygens (including phenoxy) is 3. The zero-order valence-corrected chi connectivity index (χ0v) is 12.4. The monoisotopic (exact) mass is 287 g/mol. The van der Waals surface area contributed by atoms with Gasteiger partial charge >= 0.3 is 0 Å². The Morgan fingerprint density at radius 1 is 1.10 bits per heavy atom. The van der Waals surface area contributed by atoms with Gasteiger partial charge in [0.25, 0.3) is 0 Å². The van der Waals surface area contributed by atoms with E-state index in [1.54, 1.807) is 0 Å². The van der Waals surface area contributed by atoms with Gasteiger partial charge in [0.1, 0.15) is 0 Å². The summed E-state index contributed by atoms with van der Waals surface area (Å²) in [5, 5.41) is 13.1. The van der Waals surface area contributed by atoms with Crippen molar-refractivity contribution in [2.75, 3.05) is 39.5 Å². The third kappa shape index (κ3) is 6.50. The fourth-order valence-electron chi connectivity index (χ4n) is 2.74. The molecule has 2 aliphatic rings. The van der Waals surface area contributed by atoms with Crippen LogP contribution in [0, 0.1) is 0 Å². The second-order valence-corrected chi connectivity index (χ2v) is 5.81. The van der Waals surface area contributed by atoms with Crippen molar-refractivity contribution in [3.8, 4) is 0 Å². The van der Waals surface area contributed by atoms with Gasteiger partial charge in [-0.15, -0.1) is 0 Å². The average molecular weight is 287 g/mol. The van der Waals surface area contributed by atoms with E-state index >= 15 is 0 Å². The molecule has 0 aromatic rings. The number of nitrogens with one attached hydrogen (secondary N) is 1. The molecule has 2 heterocycles. The molecule has 2 saturated heterocycles. The minimum atomic E-state index is -0.441. The number of hydrogen-bond donors (Lipinski definition) is 2. The molecule has 0 aromatic heterocycles. The van der Waals surface area contributed by atoms with Gasteiger partial charge in [0.05, 0.1) is 31.5 Å². The minimum absolute atomic E-state index is 0.235. The van der Waals surface area contributed by atoms with Gasteiger partial charge in [0.2, 0.25) is 0 Å². The van der Waals surface area contributed by atoms with Crippen molar-refractivity contribution in [2.45, 2.75) is 56.8 Å². The first kappa shape index (κ1) is 16.2. The van der Waals surface area contributed by atoms with Crippen molar-refractivity contribution in [3.05, 3.63) is 0 Å². The molecular weight excluding hydrogens is 258 g/mol. The Balaban J connectivity index is 1.40. The molecule has 0 bridgehead atoms. The summed E-state index contributed by atoms with van der Waals surface area (Å²) in [6, 6.07) is 0. The zero-order chi connectivity index (χ0) is 14.0. The molecule has 0 saturated carbocycles. The van der Waals surface area contributed by atoms with Crippen LogP contribution in [0.2, 0.25) is 0 Å². The predicted molar refractivity (Wildman–Crippen MR) is 76.9 cm³/mol. The molecule has 118 valence electrons. The van der Waals surface area contributed by atoms with Crippen LogP contribution in [-0.4, -0.2) is 62.9 Å². The minimum Gasteiger partial charge on any atom is -0.389 e. The highest BCUT2D eigenvalue weighted by molar-refractivity contribution is 4.67. The fourth-order valence-corrected chi connectivity index (χ4v) is 2.74. The first-order valence-corrected chi connectivity index (χ1v) is 8.04. The van der Waals surface area contributed by atoms with Crippen molar-refractivity contribution >= 4 is 0 Å². The van der Waals surface area contributed by atoms with Crippen LogP contribution in [0.4, 0.5) is 0 Å².